The third kappa shape index (κ3) is 3.29. The Balaban J connectivity index is 2.22. The summed E-state index contributed by atoms with van der Waals surface area (Å²) in [6, 6.07) is 4.93. The lowest BCUT2D eigenvalue weighted by Crippen LogP contribution is -2.48. The zero-order chi connectivity index (χ0) is 15.6. The summed E-state index contributed by atoms with van der Waals surface area (Å²) in [6.07, 6.45) is 2.14. The first-order valence-electron chi connectivity index (χ1n) is 7.32. The highest BCUT2D eigenvalue weighted by Gasteiger charge is 2.42. The summed E-state index contributed by atoms with van der Waals surface area (Å²) in [7, 11) is 0. The van der Waals surface area contributed by atoms with Crippen molar-refractivity contribution >= 4 is 21.9 Å². The molecule has 1 fully saturated rings. The average Bonchev–Trinajstić information content (AvgIpc) is 2.46. The molecule has 2 rings (SSSR count). The van der Waals surface area contributed by atoms with Gasteiger partial charge in [-0.2, -0.15) is 0 Å². The van der Waals surface area contributed by atoms with Gasteiger partial charge in [-0.15, -0.1) is 0 Å². The molecular weight excluding hydrogens is 337 g/mol. The highest BCUT2D eigenvalue weighted by Crippen LogP contribution is 2.37. The van der Waals surface area contributed by atoms with Crippen molar-refractivity contribution in [2.24, 2.45) is 5.41 Å². The lowest BCUT2D eigenvalue weighted by molar-refractivity contribution is -0.153. The van der Waals surface area contributed by atoms with E-state index in [0.29, 0.717) is 29.4 Å². The number of nitrogens with zero attached hydrogens (tertiary/aromatic N) is 1. The number of likely N-dealkylation sites (tertiary alicyclic amines) is 1. The van der Waals surface area contributed by atoms with Crippen LogP contribution in [0.5, 0.6) is 0 Å². The molecule has 3 nitrogen and oxygen atoms in total. The summed E-state index contributed by atoms with van der Waals surface area (Å²) in [5.41, 5.74) is -0.0753. The van der Waals surface area contributed by atoms with Crippen molar-refractivity contribution in [3.63, 3.8) is 0 Å². The Bertz CT molecular complexity index is 537. The molecule has 0 saturated carbocycles. The van der Waals surface area contributed by atoms with E-state index in [-0.39, 0.29) is 11.9 Å². The van der Waals surface area contributed by atoms with E-state index in [9.17, 15) is 14.3 Å². The molecule has 0 amide bonds. The van der Waals surface area contributed by atoms with Gasteiger partial charge in [-0.25, -0.2) is 4.39 Å². The van der Waals surface area contributed by atoms with Crippen LogP contribution >= 0.6 is 15.9 Å². The molecule has 1 heterocycles. The molecule has 1 saturated heterocycles. The lowest BCUT2D eigenvalue weighted by atomic mass is 9.77. The maximum absolute atomic E-state index is 14.1. The van der Waals surface area contributed by atoms with Crippen LogP contribution < -0.4 is 0 Å². The molecule has 0 aliphatic carbocycles. The van der Waals surface area contributed by atoms with Crippen LogP contribution in [0.4, 0.5) is 4.39 Å². The van der Waals surface area contributed by atoms with E-state index in [4.69, 9.17) is 0 Å². The van der Waals surface area contributed by atoms with Gasteiger partial charge in [-0.1, -0.05) is 28.9 Å². The summed E-state index contributed by atoms with van der Waals surface area (Å²) in [4.78, 5) is 13.7. The van der Waals surface area contributed by atoms with Gasteiger partial charge >= 0.3 is 5.97 Å². The van der Waals surface area contributed by atoms with Crippen LogP contribution in [0.15, 0.2) is 22.7 Å². The fraction of sp³-hybridized carbons (Fsp3) is 0.562. The second kappa shape index (κ2) is 6.44. The molecule has 2 atom stereocenters. The predicted octanol–water partition coefficient (Wildman–Crippen LogP) is 4.23. The van der Waals surface area contributed by atoms with Gasteiger partial charge < -0.3 is 5.11 Å². The quantitative estimate of drug-likeness (QED) is 0.876. The second-order valence-electron chi connectivity index (χ2n) is 5.85. The molecule has 0 radical (unpaired) electrons. The first kappa shape index (κ1) is 16.4. The Morgan fingerprint density at radius 2 is 2.29 bits per heavy atom. The van der Waals surface area contributed by atoms with E-state index in [0.717, 1.165) is 13.0 Å². The molecule has 5 heteroatoms. The zero-order valence-corrected chi connectivity index (χ0v) is 14.0. The summed E-state index contributed by atoms with van der Waals surface area (Å²) >= 11 is 3.26. The molecule has 1 aromatic rings. The van der Waals surface area contributed by atoms with E-state index in [1.165, 1.54) is 6.07 Å². The topological polar surface area (TPSA) is 40.5 Å². The van der Waals surface area contributed by atoms with Gasteiger partial charge in [0, 0.05) is 22.6 Å². The van der Waals surface area contributed by atoms with Crippen LogP contribution in [0.1, 0.15) is 44.7 Å². The number of piperidine rings is 1. The SMILES string of the molecule is CCC1(C(=O)O)CCCN(C(C)c2ccc(Br)cc2F)C1. The molecule has 0 spiro atoms. The van der Waals surface area contributed by atoms with Crippen LogP contribution in [0, 0.1) is 11.2 Å². The maximum Gasteiger partial charge on any atom is 0.310 e. The van der Waals surface area contributed by atoms with Crippen molar-refractivity contribution in [2.45, 2.75) is 39.2 Å². The van der Waals surface area contributed by atoms with E-state index in [2.05, 4.69) is 20.8 Å². The van der Waals surface area contributed by atoms with Crippen LogP contribution in [-0.2, 0) is 4.79 Å². The normalized spacial score (nSPS) is 24.8. The van der Waals surface area contributed by atoms with Gasteiger partial charge in [0.1, 0.15) is 5.82 Å². The van der Waals surface area contributed by atoms with Crippen molar-refractivity contribution in [2.75, 3.05) is 13.1 Å². The van der Waals surface area contributed by atoms with Gasteiger partial charge in [0.25, 0.3) is 0 Å². The smallest absolute Gasteiger partial charge is 0.310 e. The summed E-state index contributed by atoms with van der Waals surface area (Å²) in [6.45, 7) is 5.16. The molecule has 21 heavy (non-hydrogen) atoms. The van der Waals surface area contributed by atoms with Gasteiger partial charge in [0.15, 0.2) is 0 Å². The Morgan fingerprint density at radius 1 is 1.57 bits per heavy atom. The van der Waals surface area contributed by atoms with Crippen molar-refractivity contribution in [1.29, 1.82) is 0 Å². The molecule has 0 aromatic heterocycles. The second-order valence-corrected chi connectivity index (χ2v) is 6.77. The number of halogens is 2. The number of carboxylic acid groups (broad SMARTS) is 1. The molecule has 116 valence electrons. The molecule has 1 N–H and O–H groups in total. The van der Waals surface area contributed by atoms with Gasteiger partial charge in [-0.05, 0) is 44.9 Å². The minimum Gasteiger partial charge on any atom is -0.481 e. The van der Waals surface area contributed by atoms with E-state index >= 15 is 0 Å². The average molecular weight is 358 g/mol. The standard InChI is InChI=1S/C16H21BrFNO2/c1-3-16(15(20)21)7-4-8-19(10-16)11(2)13-6-5-12(17)9-14(13)18/h5-6,9,11H,3-4,7-8,10H2,1-2H3,(H,20,21). The molecule has 1 aliphatic heterocycles. The van der Waals surface area contributed by atoms with Crippen molar-refractivity contribution in [3.8, 4) is 0 Å². The van der Waals surface area contributed by atoms with Crippen LogP contribution in [0.25, 0.3) is 0 Å². The number of hydrogen-bond donors (Lipinski definition) is 1. The minimum absolute atomic E-state index is 0.122. The van der Waals surface area contributed by atoms with E-state index in [1.807, 2.05) is 19.9 Å². The number of benzene rings is 1. The minimum atomic E-state index is -0.738. The molecule has 1 aromatic carbocycles. The summed E-state index contributed by atoms with van der Waals surface area (Å²) in [5, 5.41) is 9.54. The number of carbonyl (C=O) groups is 1. The van der Waals surface area contributed by atoms with E-state index in [1.54, 1.807) is 6.07 Å². The molecule has 1 aliphatic rings. The molecule has 2 unspecified atom stereocenters. The van der Waals surface area contributed by atoms with Crippen molar-refractivity contribution in [3.05, 3.63) is 34.1 Å². The highest BCUT2D eigenvalue weighted by molar-refractivity contribution is 9.10. The Morgan fingerprint density at radius 3 is 2.86 bits per heavy atom. The van der Waals surface area contributed by atoms with E-state index < -0.39 is 11.4 Å². The highest BCUT2D eigenvalue weighted by atomic mass is 79.9. The lowest BCUT2D eigenvalue weighted by Gasteiger charge is -2.42. The zero-order valence-electron chi connectivity index (χ0n) is 12.4. The predicted molar refractivity (Wildman–Crippen MR) is 83.7 cm³/mol. The van der Waals surface area contributed by atoms with Crippen molar-refractivity contribution < 1.29 is 14.3 Å². The fourth-order valence-electron chi connectivity index (χ4n) is 3.15. The molecule has 0 bridgehead atoms. The number of rotatable bonds is 4. The van der Waals surface area contributed by atoms with Gasteiger partial charge in [0.2, 0.25) is 0 Å². The Labute approximate surface area is 133 Å². The summed E-state index contributed by atoms with van der Waals surface area (Å²) < 4.78 is 14.8. The number of aliphatic carboxylic acids is 1. The first-order valence-corrected chi connectivity index (χ1v) is 8.11. The largest absolute Gasteiger partial charge is 0.481 e. The monoisotopic (exact) mass is 357 g/mol. The number of hydrogen-bond acceptors (Lipinski definition) is 2. The third-order valence-corrected chi connectivity index (χ3v) is 5.19. The Kier molecular flexibility index (Phi) is 5.04. The maximum atomic E-state index is 14.1. The first-order chi connectivity index (χ1) is 9.89. The van der Waals surface area contributed by atoms with Crippen LogP contribution in [-0.4, -0.2) is 29.1 Å². The van der Waals surface area contributed by atoms with Crippen LogP contribution in [0.2, 0.25) is 0 Å². The summed E-state index contributed by atoms with van der Waals surface area (Å²) in [5.74, 6) is -0.988. The van der Waals surface area contributed by atoms with Crippen LogP contribution in [0.3, 0.4) is 0 Å². The van der Waals surface area contributed by atoms with Crippen molar-refractivity contribution in [1.82, 2.24) is 4.90 Å². The fourth-order valence-corrected chi connectivity index (χ4v) is 3.48. The van der Waals surface area contributed by atoms with Gasteiger partial charge in [0.05, 0.1) is 5.41 Å². The number of carboxylic acids is 1. The third-order valence-electron chi connectivity index (χ3n) is 4.70. The van der Waals surface area contributed by atoms with Gasteiger partial charge in [-0.3, -0.25) is 9.69 Å². The molecular formula is C16H21BrFNO2. The Hall–Kier alpha value is -0.940.